The molecule has 0 unspecified atom stereocenters. The second kappa shape index (κ2) is 6.59. The number of para-hydroxylation sites is 1. The third kappa shape index (κ3) is 3.52. The summed E-state index contributed by atoms with van der Waals surface area (Å²) in [5, 5.41) is 0.00176. The number of hydrogen-bond donors (Lipinski definition) is 1. The number of carbonyl (C=O) groups is 1. The Labute approximate surface area is 128 Å². The molecule has 0 heterocycles. The van der Waals surface area contributed by atoms with Crippen molar-refractivity contribution in [2.45, 2.75) is 13.5 Å². The van der Waals surface area contributed by atoms with Crippen molar-refractivity contribution >= 4 is 23.2 Å². The summed E-state index contributed by atoms with van der Waals surface area (Å²) in [5.74, 6) is -0.853. The first kappa shape index (κ1) is 15.3. The lowest BCUT2D eigenvalue weighted by atomic mass is 10.1. The second-order valence-corrected chi connectivity index (χ2v) is 5.05. The van der Waals surface area contributed by atoms with Crippen LogP contribution >= 0.6 is 11.6 Å². The first-order valence-electron chi connectivity index (χ1n) is 6.60. The summed E-state index contributed by atoms with van der Waals surface area (Å²) >= 11 is 5.63. The van der Waals surface area contributed by atoms with E-state index in [1.807, 2.05) is 25.1 Å². The second-order valence-electron chi connectivity index (χ2n) is 4.65. The number of benzene rings is 2. The zero-order valence-corrected chi connectivity index (χ0v) is 12.4. The summed E-state index contributed by atoms with van der Waals surface area (Å²) in [6.07, 6.45) is 0. The molecule has 0 aliphatic carbocycles. The van der Waals surface area contributed by atoms with Crippen LogP contribution in [0.4, 0.5) is 10.1 Å². The summed E-state index contributed by atoms with van der Waals surface area (Å²) in [5.41, 5.74) is 7.66. The molecule has 0 aromatic heterocycles. The quantitative estimate of drug-likeness (QED) is 0.875. The average molecular weight is 307 g/mol. The number of halogens is 2. The van der Waals surface area contributed by atoms with Crippen molar-refractivity contribution in [3.63, 3.8) is 0 Å². The van der Waals surface area contributed by atoms with Gasteiger partial charge in [-0.25, -0.2) is 4.39 Å². The van der Waals surface area contributed by atoms with Crippen molar-refractivity contribution in [2.75, 3.05) is 12.3 Å². The number of hydrogen-bond acceptors (Lipinski definition) is 2. The van der Waals surface area contributed by atoms with E-state index in [1.165, 1.54) is 12.1 Å². The van der Waals surface area contributed by atoms with Gasteiger partial charge in [-0.15, -0.1) is 0 Å². The Morgan fingerprint density at radius 3 is 2.62 bits per heavy atom. The van der Waals surface area contributed by atoms with Crippen LogP contribution in [0.25, 0.3) is 0 Å². The standard InChI is InChI=1S/C16H16ClFN2O/c1-2-20(10-12-5-3-4-6-15(12)19)16(21)11-7-8-13(17)14(18)9-11/h3-9H,2,10,19H2,1H3. The Hall–Kier alpha value is -2.07. The maximum atomic E-state index is 13.5. The summed E-state index contributed by atoms with van der Waals surface area (Å²) in [7, 11) is 0. The van der Waals surface area contributed by atoms with Crippen LogP contribution in [0, 0.1) is 5.82 Å². The van der Waals surface area contributed by atoms with E-state index >= 15 is 0 Å². The van der Waals surface area contributed by atoms with Gasteiger partial charge in [-0.1, -0.05) is 29.8 Å². The lowest BCUT2D eigenvalue weighted by Crippen LogP contribution is -2.30. The highest BCUT2D eigenvalue weighted by atomic mass is 35.5. The summed E-state index contributed by atoms with van der Waals surface area (Å²) in [6, 6.07) is 11.4. The van der Waals surface area contributed by atoms with Crippen LogP contribution < -0.4 is 5.73 Å². The van der Waals surface area contributed by atoms with Crippen LogP contribution in [-0.2, 0) is 6.54 Å². The molecule has 21 heavy (non-hydrogen) atoms. The first-order valence-corrected chi connectivity index (χ1v) is 6.98. The Bertz CT molecular complexity index is 660. The number of amides is 1. The molecule has 2 N–H and O–H groups in total. The van der Waals surface area contributed by atoms with Gasteiger partial charge < -0.3 is 10.6 Å². The Morgan fingerprint density at radius 2 is 2.00 bits per heavy atom. The predicted molar refractivity (Wildman–Crippen MR) is 82.7 cm³/mol. The lowest BCUT2D eigenvalue weighted by molar-refractivity contribution is 0.0752. The number of rotatable bonds is 4. The molecule has 2 rings (SSSR count). The first-order chi connectivity index (χ1) is 10.0. The molecule has 5 heteroatoms. The molecule has 0 saturated carbocycles. The van der Waals surface area contributed by atoms with Gasteiger partial charge in [0, 0.05) is 24.3 Å². The van der Waals surface area contributed by atoms with Gasteiger partial charge in [0.05, 0.1) is 5.02 Å². The molecule has 0 bridgehead atoms. The normalized spacial score (nSPS) is 10.4. The smallest absolute Gasteiger partial charge is 0.254 e. The largest absolute Gasteiger partial charge is 0.398 e. The minimum atomic E-state index is -0.599. The van der Waals surface area contributed by atoms with Crippen molar-refractivity contribution in [1.29, 1.82) is 0 Å². The molecule has 3 nitrogen and oxygen atoms in total. The van der Waals surface area contributed by atoms with E-state index in [4.69, 9.17) is 17.3 Å². The fourth-order valence-electron chi connectivity index (χ4n) is 2.02. The molecule has 0 aliphatic heterocycles. The molecule has 0 saturated heterocycles. The van der Waals surface area contributed by atoms with Crippen LogP contribution in [0.2, 0.25) is 5.02 Å². The van der Waals surface area contributed by atoms with Gasteiger partial charge in [0.2, 0.25) is 0 Å². The molecule has 1 amide bonds. The van der Waals surface area contributed by atoms with Crippen molar-refractivity contribution < 1.29 is 9.18 Å². The topological polar surface area (TPSA) is 46.3 Å². The van der Waals surface area contributed by atoms with Crippen LogP contribution in [-0.4, -0.2) is 17.4 Å². The van der Waals surface area contributed by atoms with Crippen LogP contribution in [0.1, 0.15) is 22.8 Å². The molecule has 2 aromatic carbocycles. The maximum Gasteiger partial charge on any atom is 0.254 e. The maximum absolute atomic E-state index is 13.5. The highest BCUT2D eigenvalue weighted by Gasteiger charge is 2.16. The number of anilines is 1. The van der Waals surface area contributed by atoms with Crippen LogP contribution in [0.15, 0.2) is 42.5 Å². The average Bonchev–Trinajstić information content (AvgIpc) is 2.48. The monoisotopic (exact) mass is 306 g/mol. The molecule has 0 aliphatic rings. The van der Waals surface area contributed by atoms with Crippen molar-refractivity contribution in [3.8, 4) is 0 Å². The minimum Gasteiger partial charge on any atom is -0.398 e. The van der Waals surface area contributed by atoms with Crippen molar-refractivity contribution in [1.82, 2.24) is 4.90 Å². The summed E-state index contributed by atoms with van der Waals surface area (Å²) in [6.45, 7) is 2.74. The molecular weight excluding hydrogens is 291 g/mol. The SMILES string of the molecule is CCN(Cc1ccccc1N)C(=O)c1ccc(Cl)c(F)c1. The fourth-order valence-corrected chi connectivity index (χ4v) is 2.14. The molecule has 0 fully saturated rings. The van der Waals surface area contributed by atoms with E-state index < -0.39 is 5.82 Å². The van der Waals surface area contributed by atoms with E-state index in [1.54, 1.807) is 11.0 Å². The van der Waals surface area contributed by atoms with Gasteiger partial charge in [0.15, 0.2) is 0 Å². The van der Waals surface area contributed by atoms with E-state index in [2.05, 4.69) is 0 Å². The Balaban J connectivity index is 2.22. The number of nitrogen functional groups attached to an aromatic ring is 1. The number of carbonyl (C=O) groups excluding carboxylic acids is 1. The highest BCUT2D eigenvalue weighted by molar-refractivity contribution is 6.30. The van der Waals surface area contributed by atoms with E-state index in [0.717, 1.165) is 11.6 Å². The van der Waals surface area contributed by atoms with E-state index in [0.29, 0.717) is 18.8 Å². The van der Waals surface area contributed by atoms with Crippen LogP contribution in [0.5, 0.6) is 0 Å². The van der Waals surface area contributed by atoms with Gasteiger partial charge >= 0.3 is 0 Å². The lowest BCUT2D eigenvalue weighted by Gasteiger charge is -2.22. The minimum absolute atomic E-state index is 0.00176. The number of nitrogens with two attached hydrogens (primary N) is 1. The molecule has 110 valence electrons. The molecule has 0 atom stereocenters. The van der Waals surface area contributed by atoms with Gasteiger partial charge in [-0.05, 0) is 36.8 Å². The van der Waals surface area contributed by atoms with Gasteiger partial charge in [0.25, 0.3) is 5.91 Å². The predicted octanol–water partition coefficient (Wildman–Crippen LogP) is 3.72. The Kier molecular flexibility index (Phi) is 4.81. The molecular formula is C16H16ClFN2O. The van der Waals surface area contributed by atoms with E-state index in [-0.39, 0.29) is 16.5 Å². The number of nitrogens with zero attached hydrogens (tertiary/aromatic N) is 1. The fraction of sp³-hybridized carbons (Fsp3) is 0.188. The molecule has 0 radical (unpaired) electrons. The van der Waals surface area contributed by atoms with Crippen molar-refractivity contribution in [2.24, 2.45) is 0 Å². The third-order valence-corrected chi connectivity index (χ3v) is 3.56. The van der Waals surface area contributed by atoms with Crippen molar-refractivity contribution in [3.05, 3.63) is 64.4 Å². The zero-order valence-electron chi connectivity index (χ0n) is 11.6. The van der Waals surface area contributed by atoms with Crippen LogP contribution in [0.3, 0.4) is 0 Å². The van der Waals surface area contributed by atoms with Gasteiger partial charge in [-0.3, -0.25) is 4.79 Å². The summed E-state index contributed by atoms with van der Waals surface area (Å²) in [4.78, 5) is 14.0. The third-order valence-electron chi connectivity index (χ3n) is 3.25. The Morgan fingerprint density at radius 1 is 1.29 bits per heavy atom. The van der Waals surface area contributed by atoms with Gasteiger partial charge in [0.1, 0.15) is 5.82 Å². The summed E-state index contributed by atoms with van der Waals surface area (Å²) < 4.78 is 13.5. The van der Waals surface area contributed by atoms with Gasteiger partial charge in [-0.2, -0.15) is 0 Å². The zero-order chi connectivity index (χ0) is 15.4. The van der Waals surface area contributed by atoms with E-state index in [9.17, 15) is 9.18 Å². The molecule has 0 spiro atoms. The molecule has 2 aromatic rings. The highest BCUT2D eigenvalue weighted by Crippen LogP contribution is 2.19.